The first-order valence-corrected chi connectivity index (χ1v) is 7.23. The van der Waals surface area contributed by atoms with E-state index >= 15 is 0 Å². The first kappa shape index (κ1) is 12.4. The molecule has 1 saturated heterocycles. The summed E-state index contributed by atoms with van der Waals surface area (Å²) in [7, 11) is 0. The molecule has 2 atom stereocenters. The number of piperidine rings is 1. The van der Waals surface area contributed by atoms with Crippen molar-refractivity contribution in [1.82, 2.24) is 10.2 Å². The molecule has 0 aromatic carbocycles. The van der Waals surface area contributed by atoms with E-state index in [1.807, 2.05) is 0 Å². The highest BCUT2D eigenvalue weighted by molar-refractivity contribution is 4.80. The summed E-state index contributed by atoms with van der Waals surface area (Å²) >= 11 is 0. The van der Waals surface area contributed by atoms with Gasteiger partial charge in [-0.25, -0.2) is 0 Å². The van der Waals surface area contributed by atoms with Crippen LogP contribution in [0.1, 0.15) is 46.0 Å². The molecule has 1 N–H and O–H groups in total. The van der Waals surface area contributed by atoms with Gasteiger partial charge in [0, 0.05) is 12.6 Å². The number of nitrogens with one attached hydrogen (secondary N) is 1. The SMILES string of the molecule is CCN1CCCC(CNC(C)CC2CC2)C1. The Morgan fingerprint density at radius 1 is 1.25 bits per heavy atom. The normalized spacial score (nSPS) is 29.2. The van der Waals surface area contributed by atoms with Crippen molar-refractivity contribution in [1.29, 1.82) is 0 Å². The average molecular weight is 224 g/mol. The highest BCUT2D eigenvalue weighted by atomic mass is 15.1. The lowest BCUT2D eigenvalue weighted by Crippen LogP contribution is -2.41. The smallest absolute Gasteiger partial charge is 0.00414 e. The summed E-state index contributed by atoms with van der Waals surface area (Å²) in [6.07, 6.45) is 7.21. The minimum absolute atomic E-state index is 0.740. The summed E-state index contributed by atoms with van der Waals surface area (Å²) in [4.78, 5) is 2.60. The predicted molar refractivity (Wildman–Crippen MR) is 69.6 cm³/mol. The van der Waals surface area contributed by atoms with E-state index in [0.717, 1.165) is 17.9 Å². The first-order chi connectivity index (χ1) is 7.78. The molecule has 16 heavy (non-hydrogen) atoms. The molecule has 2 nitrogen and oxygen atoms in total. The third kappa shape index (κ3) is 4.06. The Kier molecular flexibility index (Phi) is 4.66. The van der Waals surface area contributed by atoms with Gasteiger partial charge < -0.3 is 10.2 Å². The van der Waals surface area contributed by atoms with Gasteiger partial charge in [0.05, 0.1) is 0 Å². The van der Waals surface area contributed by atoms with Crippen LogP contribution in [-0.4, -0.2) is 37.1 Å². The van der Waals surface area contributed by atoms with E-state index in [2.05, 4.69) is 24.1 Å². The van der Waals surface area contributed by atoms with Crippen molar-refractivity contribution in [3.05, 3.63) is 0 Å². The molecule has 1 saturated carbocycles. The maximum Gasteiger partial charge on any atom is 0.00414 e. The molecule has 0 aromatic heterocycles. The van der Waals surface area contributed by atoms with Gasteiger partial charge in [-0.2, -0.15) is 0 Å². The molecule has 0 amide bonds. The molecule has 1 aliphatic heterocycles. The molecule has 1 aliphatic carbocycles. The van der Waals surface area contributed by atoms with Crippen molar-refractivity contribution in [3.8, 4) is 0 Å². The fourth-order valence-electron chi connectivity index (χ4n) is 2.91. The van der Waals surface area contributed by atoms with Crippen LogP contribution in [0.4, 0.5) is 0 Å². The molecular formula is C14H28N2. The van der Waals surface area contributed by atoms with Gasteiger partial charge in [-0.15, -0.1) is 0 Å². The van der Waals surface area contributed by atoms with Gasteiger partial charge in [0.25, 0.3) is 0 Å². The van der Waals surface area contributed by atoms with Gasteiger partial charge in [0.2, 0.25) is 0 Å². The molecule has 2 fully saturated rings. The van der Waals surface area contributed by atoms with Crippen molar-refractivity contribution < 1.29 is 0 Å². The average Bonchev–Trinajstić information content (AvgIpc) is 3.10. The van der Waals surface area contributed by atoms with Crippen molar-refractivity contribution in [2.75, 3.05) is 26.2 Å². The molecule has 2 aliphatic rings. The fraction of sp³-hybridized carbons (Fsp3) is 1.00. The predicted octanol–water partition coefficient (Wildman–Crippen LogP) is 2.50. The molecule has 0 bridgehead atoms. The van der Waals surface area contributed by atoms with E-state index in [1.54, 1.807) is 0 Å². The van der Waals surface area contributed by atoms with E-state index in [-0.39, 0.29) is 0 Å². The quantitative estimate of drug-likeness (QED) is 0.746. The third-order valence-corrected chi connectivity index (χ3v) is 4.19. The van der Waals surface area contributed by atoms with Crippen LogP contribution in [0, 0.1) is 11.8 Å². The zero-order valence-corrected chi connectivity index (χ0v) is 11.0. The lowest BCUT2D eigenvalue weighted by atomic mass is 9.97. The van der Waals surface area contributed by atoms with Crippen molar-refractivity contribution in [2.24, 2.45) is 11.8 Å². The summed E-state index contributed by atoms with van der Waals surface area (Å²) in [5, 5.41) is 3.74. The van der Waals surface area contributed by atoms with E-state index in [0.29, 0.717) is 0 Å². The minimum Gasteiger partial charge on any atom is -0.314 e. The van der Waals surface area contributed by atoms with Crippen molar-refractivity contribution in [3.63, 3.8) is 0 Å². The highest BCUT2D eigenvalue weighted by Gasteiger charge is 2.24. The van der Waals surface area contributed by atoms with E-state index in [9.17, 15) is 0 Å². The van der Waals surface area contributed by atoms with Gasteiger partial charge >= 0.3 is 0 Å². The van der Waals surface area contributed by atoms with Gasteiger partial charge in [-0.1, -0.05) is 19.8 Å². The van der Waals surface area contributed by atoms with Crippen LogP contribution in [0.3, 0.4) is 0 Å². The Labute approximate surface area is 101 Å². The van der Waals surface area contributed by atoms with E-state index in [1.165, 1.54) is 58.3 Å². The Hall–Kier alpha value is -0.0800. The first-order valence-electron chi connectivity index (χ1n) is 7.23. The Morgan fingerprint density at radius 3 is 2.75 bits per heavy atom. The van der Waals surface area contributed by atoms with Gasteiger partial charge in [0.15, 0.2) is 0 Å². The monoisotopic (exact) mass is 224 g/mol. The number of hydrogen-bond acceptors (Lipinski definition) is 2. The lowest BCUT2D eigenvalue weighted by Gasteiger charge is -2.32. The zero-order valence-electron chi connectivity index (χ0n) is 11.0. The van der Waals surface area contributed by atoms with Crippen molar-refractivity contribution >= 4 is 0 Å². The summed E-state index contributed by atoms with van der Waals surface area (Å²) in [6, 6.07) is 0.740. The molecule has 0 aromatic rings. The summed E-state index contributed by atoms with van der Waals surface area (Å²) in [5.41, 5.74) is 0. The summed E-state index contributed by atoms with van der Waals surface area (Å²) in [6.45, 7) is 9.76. The summed E-state index contributed by atoms with van der Waals surface area (Å²) in [5.74, 6) is 1.95. The van der Waals surface area contributed by atoms with Gasteiger partial charge in [0.1, 0.15) is 0 Å². The molecule has 2 rings (SSSR count). The number of hydrogen-bond donors (Lipinski definition) is 1. The maximum atomic E-state index is 3.74. The maximum absolute atomic E-state index is 3.74. The zero-order chi connectivity index (χ0) is 11.4. The largest absolute Gasteiger partial charge is 0.314 e. The third-order valence-electron chi connectivity index (χ3n) is 4.19. The summed E-state index contributed by atoms with van der Waals surface area (Å²) < 4.78 is 0. The van der Waals surface area contributed by atoms with Crippen LogP contribution < -0.4 is 5.32 Å². The van der Waals surface area contributed by atoms with Crippen LogP contribution in [0.25, 0.3) is 0 Å². The van der Waals surface area contributed by atoms with Crippen LogP contribution in [0.15, 0.2) is 0 Å². The molecule has 0 spiro atoms. The van der Waals surface area contributed by atoms with Crippen LogP contribution in [0.2, 0.25) is 0 Å². The molecule has 94 valence electrons. The standard InChI is InChI=1S/C14H28N2/c1-3-16-8-4-5-14(11-16)10-15-12(2)9-13-6-7-13/h12-15H,3-11H2,1-2H3. The molecule has 2 heteroatoms. The van der Waals surface area contributed by atoms with E-state index < -0.39 is 0 Å². The second kappa shape index (κ2) is 6.02. The van der Waals surface area contributed by atoms with Crippen molar-refractivity contribution in [2.45, 2.75) is 52.0 Å². The minimum atomic E-state index is 0.740. The number of nitrogens with zero attached hydrogens (tertiary/aromatic N) is 1. The highest BCUT2D eigenvalue weighted by Crippen LogP contribution is 2.33. The number of rotatable bonds is 6. The lowest BCUT2D eigenvalue weighted by molar-refractivity contribution is 0.177. The second-order valence-electron chi connectivity index (χ2n) is 5.89. The molecular weight excluding hydrogens is 196 g/mol. The molecule has 2 unspecified atom stereocenters. The van der Waals surface area contributed by atoms with Crippen LogP contribution in [0.5, 0.6) is 0 Å². The Bertz CT molecular complexity index is 201. The number of likely N-dealkylation sites (tertiary alicyclic amines) is 1. The van der Waals surface area contributed by atoms with Gasteiger partial charge in [-0.3, -0.25) is 0 Å². The molecule has 0 radical (unpaired) electrons. The Morgan fingerprint density at radius 2 is 2.06 bits per heavy atom. The van der Waals surface area contributed by atoms with Crippen LogP contribution in [-0.2, 0) is 0 Å². The second-order valence-corrected chi connectivity index (χ2v) is 5.89. The van der Waals surface area contributed by atoms with Gasteiger partial charge in [-0.05, 0) is 57.7 Å². The Balaban J connectivity index is 1.60. The topological polar surface area (TPSA) is 15.3 Å². The van der Waals surface area contributed by atoms with Crippen LogP contribution >= 0.6 is 0 Å². The van der Waals surface area contributed by atoms with E-state index in [4.69, 9.17) is 0 Å². The molecule has 1 heterocycles. The fourth-order valence-corrected chi connectivity index (χ4v) is 2.91.